The normalized spacial score (nSPS) is 8.73. The molecule has 4 heteroatoms. The SMILES string of the molecule is C=C(C#N)c1ccnc(Cl)n1. The van der Waals surface area contributed by atoms with Gasteiger partial charge in [-0.2, -0.15) is 5.26 Å². The van der Waals surface area contributed by atoms with Gasteiger partial charge in [-0.3, -0.25) is 0 Å². The van der Waals surface area contributed by atoms with E-state index >= 15 is 0 Å². The molecule has 0 aliphatic rings. The lowest BCUT2D eigenvalue weighted by Gasteiger charge is -1.93. The maximum absolute atomic E-state index is 8.43. The zero-order chi connectivity index (χ0) is 8.27. The van der Waals surface area contributed by atoms with Crippen LogP contribution in [0.3, 0.4) is 0 Å². The number of halogens is 1. The van der Waals surface area contributed by atoms with Crippen molar-refractivity contribution in [1.82, 2.24) is 9.97 Å². The van der Waals surface area contributed by atoms with Gasteiger partial charge in [0.25, 0.3) is 0 Å². The van der Waals surface area contributed by atoms with Crippen LogP contribution < -0.4 is 0 Å². The number of allylic oxidation sites excluding steroid dienone is 1. The summed E-state index contributed by atoms with van der Waals surface area (Å²) in [7, 11) is 0. The van der Waals surface area contributed by atoms with Gasteiger partial charge >= 0.3 is 0 Å². The fourth-order valence-electron chi connectivity index (χ4n) is 0.560. The van der Waals surface area contributed by atoms with E-state index in [1.807, 2.05) is 6.07 Å². The first kappa shape index (κ1) is 7.70. The molecule has 0 aromatic carbocycles. The van der Waals surface area contributed by atoms with Gasteiger partial charge in [-0.15, -0.1) is 0 Å². The minimum Gasteiger partial charge on any atom is -0.226 e. The van der Waals surface area contributed by atoms with Crippen LogP contribution >= 0.6 is 11.6 Å². The third-order valence-corrected chi connectivity index (χ3v) is 1.25. The first-order chi connectivity index (χ1) is 5.24. The van der Waals surface area contributed by atoms with Crippen molar-refractivity contribution in [3.8, 4) is 6.07 Å². The number of rotatable bonds is 1. The smallest absolute Gasteiger partial charge is 0.222 e. The molecule has 0 N–H and O–H groups in total. The van der Waals surface area contributed by atoms with Gasteiger partial charge in [0.1, 0.15) is 6.07 Å². The maximum Gasteiger partial charge on any atom is 0.222 e. The number of nitriles is 1. The fourth-order valence-corrected chi connectivity index (χ4v) is 0.708. The van der Waals surface area contributed by atoms with Crippen molar-refractivity contribution in [2.75, 3.05) is 0 Å². The van der Waals surface area contributed by atoms with Gasteiger partial charge in [0.05, 0.1) is 11.3 Å². The summed E-state index contributed by atoms with van der Waals surface area (Å²) in [5, 5.41) is 8.55. The average molecular weight is 166 g/mol. The minimum absolute atomic E-state index is 0.124. The third kappa shape index (κ3) is 1.76. The van der Waals surface area contributed by atoms with Crippen molar-refractivity contribution >= 4 is 17.2 Å². The van der Waals surface area contributed by atoms with Crippen LogP contribution in [0.25, 0.3) is 5.57 Å². The first-order valence-corrected chi connectivity index (χ1v) is 3.20. The second-order valence-electron chi connectivity index (χ2n) is 1.80. The van der Waals surface area contributed by atoms with E-state index in [-0.39, 0.29) is 10.9 Å². The summed E-state index contributed by atoms with van der Waals surface area (Å²) >= 11 is 5.47. The van der Waals surface area contributed by atoms with Crippen molar-refractivity contribution in [2.24, 2.45) is 0 Å². The Labute approximate surface area is 69.0 Å². The van der Waals surface area contributed by atoms with E-state index in [2.05, 4.69) is 16.5 Å². The molecule has 0 bridgehead atoms. The molecule has 0 spiro atoms. The highest BCUT2D eigenvalue weighted by atomic mass is 35.5. The molecule has 0 unspecified atom stereocenters. The molecule has 0 radical (unpaired) electrons. The highest BCUT2D eigenvalue weighted by molar-refractivity contribution is 6.28. The van der Waals surface area contributed by atoms with Crippen molar-refractivity contribution in [1.29, 1.82) is 5.26 Å². The summed E-state index contributed by atoms with van der Waals surface area (Å²) < 4.78 is 0. The zero-order valence-electron chi connectivity index (χ0n) is 5.58. The Bertz CT molecular complexity index is 327. The van der Waals surface area contributed by atoms with Crippen molar-refractivity contribution in [3.05, 3.63) is 29.8 Å². The molecule has 1 rings (SSSR count). The fraction of sp³-hybridized carbons (Fsp3) is 0. The molecule has 1 aromatic heterocycles. The van der Waals surface area contributed by atoms with E-state index < -0.39 is 0 Å². The summed E-state index contributed by atoms with van der Waals surface area (Å²) in [5.74, 6) is 0. The Kier molecular flexibility index (Phi) is 2.19. The molecule has 3 nitrogen and oxygen atoms in total. The number of aromatic nitrogens is 2. The van der Waals surface area contributed by atoms with E-state index in [4.69, 9.17) is 16.9 Å². The predicted molar refractivity (Wildman–Crippen MR) is 41.7 cm³/mol. The van der Waals surface area contributed by atoms with Gasteiger partial charge in [0.15, 0.2) is 0 Å². The van der Waals surface area contributed by atoms with E-state index in [1.54, 1.807) is 6.07 Å². The molecule has 11 heavy (non-hydrogen) atoms. The van der Waals surface area contributed by atoms with Gasteiger partial charge in [-0.25, -0.2) is 9.97 Å². The largest absolute Gasteiger partial charge is 0.226 e. The van der Waals surface area contributed by atoms with Crippen LogP contribution in [0.2, 0.25) is 5.28 Å². The van der Waals surface area contributed by atoms with Crippen molar-refractivity contribution < 1.29 is 0 Å². The van der Waals surface area contributed by atoms with Gasteiger partial charge < -0.3 is 0 Å². The molecular formula is C7H4ClN3. The highest BCUT2D eigenvalue weighted by Crippen LogP contribution is 2.08. The van der Waals surface area contributed by atoms with Crippen LogP contribution in [0.1, 0.15) is 5.69 Å². The first-order valence-electron chi connectivity index (χ1n) is 2.82. The van der Waals surface area contributed by atoms with Crippen LogP contribution in [0.5, 0.6) is 0 Å². The minimum atomic E-state index is 0.124. The molecule has 1 heterocycles. The summed E-state index contributed by atoms with van der Waals surface area (Å²) in [5.41, 5.74) is 0.752. The average Bonchev–Trinajstić information content (AvgIpc) is 2.03. The topological polar surface area (TPSA) is 49.6 Å². The number of hydrogen-bond acceptors (Lipinski definition) is 3. The number of hydrogen-bond donors (Lipinski definition) is 0. The van der Waals surface area contributed by atoms with Crippen molar-refractivity contribution in [3.63, 3.8) is 0 Å². The lowest BCUT2D eigenvalue weighted by atomic mass is 10.2. The van der Waals surface area contributed by atoms with E-state index in [1.165, 1.54) is 6.20 Å². The molecule has 0 saturated heterocycles. The maximum atomic E-state index is 8.43. The molecule has 0 atom stereocenters. The van der Waals surface area contributed by atoms with Crippen molar-refractivity contribution in [2.45, 2.75) is 0 Å². The second kappa shape index (κ2) is 3.13. The van der Waals surface area contributed by atoms with Gasteiger partial charge in [0.2, 0.25) is 5.28 Å². The molecule has 0 saturated carbocycles. The lowest BCUT2D eigenvalue weighted by Crippen LogP contribution is -1.87. The highest BCUT2D eigenvalue weighted by Gasteiger charge is 1.98. The Morgan fingerprint density at radius 1 is 1.73 bits per heavy atom. The van der Waals surface area contributed by atoms with E-state index in [0.717, 1.165) is 0 Å². The molecule has 0 amide bonds. The van der Waals surface area contributed by atoms with Crippen LogP contribution in [0.4, 0.5) is 0 Å². The van der Waals surface area contributed by atoms with Gasteiger partial charge in [-0.05, 0) is 17.7 Å². The van der Waals surface area contributed by atoms with Crippen LogP contribution in [0, 0.1) is 11.3 Å². The molecule has 0 aliphatic carbocycles. The summed E-state index contributed by atoms with van der Waals surface area (Å²) in [6.07, 6.45) is 1.48. The quantitative estimate of drug-likeness (QED) is 0.470. The Hall–Kier alpha value is -1.40. The monoisotopic (exact) mass is 165 g/mol. The summed E-state index contributed by atoms with van der Waals surface area (Å²) in [6.45, 7) is 3.47. The molecule has 0 aliphatic heterocycles. The zero-order valence-corrected chi connectivity index (χ0v) is 6.34. The van der Waals surface area contributed by atoms with Gasteiger partial charge in [0, 0.05) is 6.20 Å². The lowest BCUT2D eigenvalue weighted by molar-refractivity contribution is 1.15. The van der Waals surface area contributed by atoms with Crippen LogP contribution in [0.15, 0.2) is 18.8 Å². The predicted octanol–water partition coefficient (Wildman–Crippen LogP) is 1.67. The standard InChI is InChI=1S/C7H4ClN3/c1-5(4-9)6-2-3-10-7(8)11-6/h2-3H,1H2. The summed E-state index contributed by atoms with van der Waals surface area (Å²) in [4.78, 5) is 7.44. The summed E-state index contributed by atoms with van der Waals surface area (Å²) in [6, 6.07) is 3.45. The molecular weight excluding hydrogens is 162 g/mol. The van der Waals surface area contributed by atoms with Crippen LogP contribution in [-0.2, 0) is 0 Å². The van der Waals surface area contributed by atoms with E-state index in [0.29, 0.717) is 5.69 Å². The molecule has 0 fully saturated rings. The molecule has 1 aromatic rings. The molecule has 54 valence electrons. The number of nitrogens with zero attached hydrogens (tertiary/aromatic N) is 3. The van der Waals surface area contributed by atoms with Crippen LogP contribution in [-0.4, -0.2) is 9.97 Å². The third-order valence-electron chi connectivity index (χ3n) is 1.07. The Morgan fingerprint density at radius 3 is 3.00 bits per heavy atom. The Morgan fingerprint density at radius 2 is 2.45 bits per heavy atom. The van der Waals surface area contributed by atoms with Gasteiger partial charge in [-0.1, -0.05) is 6.58 Å². The Balaban J connectivity index is 3.08. The van der Waals surface area contributed by atoms with E-state index in [9.17, 15) is 0 Å². The second-order valence-corrected chi connectivity index (χ2v) is 2.14.